The summed E-state index contributed by atoms with van der Waals surface area (Å²) in [6.45, 7) is 2.37. The zero-order valence-corrected chi connectivity index (χ0v) is 11.0. The van der Waals surface area contributed by atoms with E-state index < -0.39 is 11.7 Å². The molecule has 0 bridgehead atoms. The minimum Gasteiger partial charge on any atom is -0.310 e. The van der Waals surface area contributed by atoms with Gasteiger partial charge in [-0.2, -0.15) is 13.2 Å². The zero-order valence-electron chi connectivity index (χ0n) is 10.2. The van der Waals surface area contributed by atoms with E-state index in [0.717, 1.165) is 12.8 Å². The van der Waals surface area contributed by atoms with Crippen LogP contribution in [0.1, 0.15) is 30.9 Å². The van der Waals surface area contributed by atoms with Crippen molar-refractivity contribution in [2.75, 3.05) is 5.75 Å². The second kappa shape index (κ2) is 5.53. The van der Waals surface area contributed by atoms with Crippen molar-refractivity contribution in [1.29, 1.82) is 0 Å². The third-order valence-electron chi connectivity index (χ3n) is 2.82. The molecule has 18 heavy (non-hydrogen) atoms. The molecule has 0 amide bonds. The minimum atomic E-state index is -4.27. The van der Waals surface area contributed by atoms with Gasteiger partial charge < -0.3 is 5.32 Å². The Kier molecular flexibility index (Phi) is 4.22. The van der Waals surface area contributed by atoms with Crippen molar-refractivity contribution in [2.24, 2.45) is 0 Å². The fraction of sp³-hybridized carbons (Fsp3) is 0.538. The lowest BCUT2D eigenvalue weighted by Crippen LogP contribution is -2.16. The number of rotatable bonds is 5. The fourth-order valence-electron chi connectivity index (χ4n) is 1.74. The van der Waals surface area contributed by atoms with Crippen molar-refractivity contribution in [3.05, 3.63) is 29.3 Å². The van der Waals surface area contributed by atoms with Crippen molar-refractivity contribution in [3.8, 4) is 0 Å². The van der Waals surface area contributed by atoms with Crippen LogP contribution in [0.25, 0.3) is 0 Å². The topological polar surface area (TPSA) is 12.0 Å². The average Bonchev–Trinajstić information content (AvgIpc) is 3.10. The SMILES string of the molecule is CCSc1ccc(CNC2CC2)cc1C(F)(F)F. The Bertz CT molecular complexity index is 413. The number of hydrogen-bond acceptors (Lipinski definition) is 2. The second-order valence-corrected chi connectivity index (χ2v) is 5.72. The van der Waals surface area contributed by atoms with Gasteiger partial charge in [-0.25, -0.2) is 0 Å². The van der Waals surface area contributed by atoms with Crippen LogP contribution in [0.4, 0.5) is 13.2 Å². The Morgan fingerprint density at radius 2 is 2.06 bits per heavy atom. The monoisotopic (exact) mass is 275 g/mol. The Morgan fingerprint density at radius 1 is 1.33 bits per heavy atom. The lowest BCUT2D eigenvalue weighted by Gasteiger charge is -2.14. The third kappa shape index (κ3) is 3.65. The van der Waals surface area contributed by atoms with Crippen molar-refractivity contribution in [2.45, 2.75) is 43.4 Å². The van der Waals surface area contributed by atoms with E-state index in [-0.39, 0.29) is 0 Å². The van der Waals surface area contributed by atoms with Crippen LogP contribution >= 0.6 is 11.8 Å². The molecule has 0 aromatic heterocycles. The van der Waals surface area contributed by atoms with Crippen LogP contribution in [0, 0.1) is 0 Å². The minimum absolute atomic E-state index is 0.320. The van der Waals surface area contributed by atoms with Gasteiger partial charge in [0.2, 0.25) is 0 Å². The maximum atomic E-state index is 12.9. The van der Waals surface area contributed by atoms with E-state index in [4.69, 9.17) is 0 Å². The summed E-state index contributed by atoms with van der Waals surface area (Å²) in [5.74, 6) is 0.642. The molecule has 0 saturated heterocycles. The first kappa shape index (κ1) is 13.7. The number of alkyl halides is 3. The standard InChI is InChI=1S/C13H16F3NS/c1-2-18-12-6-3-9(8-17-10-4-5-10)7-11(12)13(14,15)16/h3,6-7,10,17H,2,4-5,8H2,1H3. The smallest absolute Gasteiger partial charge is 0.310 e. The molecule has 1 saturated carbocycles. The predicted octanol–water partition coefficient (Wildman–Crippen LogP) is 4.07. The van der Waals surface area contributed by atoms with Crippen LogP contribution in [0.3, 0.4) is 0 Å². The van der Waals surface area contributed by atoms with Crippen LogP contribution in [-0.4, -0.2) is 11.8 Å². The number of nitrogens with one attached hydrogen (secondary N) is 1. The molecule has 0 unspecified atom stereocenters. The third-order valence-corrected chi connectivity index (χ3v) is 3.78. The predicted molar refractivity (Wildman–Crippen MR) is 67.7 cm³/mol. The molecular weight excluding hydrogens is 259 g/mol. The molecule has 1 nitrogen and oxygen atoms in total. The van der Waals surface area contributed by atoms with Crippen LogP contribution in [-0.2, 0) is 12.7 Å². The normalized spacial score (nSPS) is 16.0. The van der Waals surface area contributed by atoms with Crippen LogP contribution in [0.15, 0.2) is 23.1 Å². The molecule has 1 aromatic rings. The van der Waals surface area contributed by atoms with Gasteiger partial charge in [-0.3, -0.25) is 0 Å². The molecule has 100 valence electrons. The molecule has 0 aliphatic heterocycles. The molecule has 2 rings (SSSR count). The highest BCUT2D eigenvalue weighted by molar-refractivity contribution is 7.99. The summed E-state index contributed by atoms with van der Waals surface area (Å²) in [7, 11) is 0. The summed E-state index contributed by atoms with van der Waals surface area (Å²) >= 11 is 1.23. The van der Waals surface area contributed by atoms with Gasteiger partial charge >= 0.3 is 6.18 Å². The molecule has 1 fully saturated rings. The summed E-state index contributed by atoms with van der Waals surface area (Å²) in [5, 5.41) is 3.23. The molecule has 1 aliphatic rings. The molecule has 0 atom stereocenters. The van der Waals surface area contributed by atoms with Crippen molar-refractivity contribution < 1.29 is 13.2 Å². The molecule has 0 heterocycles. The van der Waals surface area contributed by atoms with Crippen molar-refractivity contribution >= 4 is 11.8 Å². The summed E-state index contributed by atoms with van der Waals surface area (Å²) in [5.41, 5.74) is 0.194. The van der Waals surface area contributed by atoms with Gasteiger partial charge in [0.15, 0.2) is 0 Å². The highest BCUT2D eigenvalue weighted by Crippen LogP contribution is 2.37. The van der Waals surface area contributed by atoms with Crippen molar-refractivity contribution in [1.82, 2.24) is 5.32 Å². The Hall–Kier alpha value is -0.680. The average molecular weight is 275 g/mol. The molecule has 0 spiro atoms. The van der Waals surface area contributed by atoms with E-state index in [1.807, 2.05) is 6.92 Å². The Balaban J connectivity index is 2.17. The van der Waals surface area contributed by atoms with Gasteiger partial charge in [-0.1, -0.05) is 13.0 Å². The lowest BCUT2D eigenvalue weighted by atomic mass is 10.1. The highest BCUT2D eigenvalue weighted by Gasteiger charge is 2.33. The second-order valence-electron chi connectivity index (χ2n) is 4.42. The van der Waals surface area contributed by atoms with E-state index in [1.54, 1.807) is 12.1 Å². The highest BCUT2D eigenvalue weighted by atomic mass is 32.2. The number of halogens is 3. The zero-order chi connectivity index (χ0) is 13.2. The Labute approximate surface area is 109 Å². The first-order valence-electron chi connectivity index (χ1n) is 6.07. The molecule has 0 radical (unpaired) electrons. The quantitative estimate of drug-likeness (QED) is 0.813. The van der Waals surface area contributed by atoms with Gasteiger partial charge in [-0.05, 0) is 36.3 Å². The van der Waals surface area contributed by atoms with Crippen LogP contribution in [0.2, 0.25) is 0 Å². The summed E-state index contributed by atoms with van der Waals surface area (Å²) < 4.78 is 38.8. The first-order chi connectivity index (χ1) is 8.50. The number of hydrogen-bond donors (Lipinski definition) is 1. The summed E-state index contributed by atoms with van der Waals surface area (Å²) in [4.78, 5) is 0.320. The van der Waals surface area contributed by atoms with Gasteiger partial charge in [0.25, 0.3) is 0 Å². The molecule has 1 N–H and O–H groups in total. The molecule has 1 aromatic carbocycles. The first-order valence-corrected chi connectivity index (χ1v) is 7.05. The maximum Gasteiger partial charge on any atom is 0.417 e. The van der Waals surface area contributed by atoms with E-state index in [9.17, 15) is 13.2 Å². The van der Waals surface area contributed by atoms with Crippen molar-refractivity contribution in [3.63, 3.8) is 0 Å². The van der Waals surface area contributed by atoms with Crippen LogP contribution < -0.4 is 5.32 Å². The van der Waals surface area contributed by atoms with Crippen LogP contribution in [0.5, 0.6) is 0 Å². The molecular formula is C13H16F3NS. The van der Waals surface area contributed by atoms with E-state index >= 15 is 0 Å². The lowest BCUT2D eigenvalue weighted by molar-refractivity contribution is -0.139. The summed E-state index contributed by atoms with van der Waals surface area (Å²) in [6, 6.07) is 5.14. The fourth-order valence-corrected chi connectivity index (χ4v) is 2.55. The van der Waals surface area contributed by atoms with E-state index in [2.05, 4.69) is 5.32 Å². The van der Waals surface area contributed by atoms with Gasteiger partial charge in [0.05, 0.1) is 5.56 Å². The number of thioether (sulfide) groups is 1. The molecule has 1 aliphatic carbocycles. The van der Waals surface area contributed by atoms with E-state index in [0.29, 0.717) is 28.8 Å². The number of benzene rings is 1. The van der Waals surface area contributed by atoms with Gasteiger partial charge in [-0.15, -0.1) is 11.8 Å². The molecule has 5 heteroatoms. The maximum absolute atomic E-state index is 12.9. The van der Waals surface area contributed by atoms with E-state index in [1.165, 1.54) is 17.8 Å². The van der Waals surface area contributed by atoms with Gasteiger partial charge in [0.1, 0.15) is 0 Å². The summed E-state index contributed by atoms with van der Waals surface area (Å²) in [6.07, 6.45) is -2.00. The largest absolute Gasteiger partial charge is 0.417 e. The van der Waals surface area contributed by atoms with Gasteiger partial charge in [0, 0.05) is 17.5 Å². The Morgan fingerprint density at radius 3 is 2.61 bits per heavy atom.